The molecule has 1 saturated heterocycles. The molecular weight excluding hydrogens is 248 g/mol. The van der Waals surface area contributed by atoms with E-state index in [2.05, 4.69) is 10.3 Å². The fourth-order valence-electron chi connectivity index (χ4n) is 2.12. The van der Waals surface area contributed by atoms with Gasteiger partial charge in [-0.05, 0) is 12.1 Å². The van der Waals surface area contributed by atoms with Crippen LogP contribution in [0.1, 0.15) is 28.9 Å². The van der Waals surface area contributed by atoms with Gasteiger partial charge in [0.1, 0.15) is 0 Å². The fourth-order valence-corrected chi connectivity index (χ4v) is 2.12. The van der Waals surface area contributed by atoms with E-state index in [1.165, 1.54) is 6.07 Å². The molecule has 0 aromatic carbocycles. The van der Waals surface area contributed by atoms with Crippen LogP contribution in [-0.2, 0) is 11.3 Å². The van der Waals surface area contributed by atoms with Crippen LogP contribution in [0.4, 0.5) is 0 Å². The summed E-state index contributed by atoms with van der Waals surface area (Å²) in [6, 6.07) is 3.12. The molecule has 0 amide bonds. The molecule has 3 N–H and O–H groups in total. The van der Waals surface area contributed by atoms with E-state index in [-0.39, 0.29) is 5.56 Å². The van der Waals surface area contributed by atoms with Crippen LogP contribution in [0.3, 0.4) is 0 Å². The highest BCUT2D eigenvalue weighted by molar-refractivity contribution is 5.88. The van der Waals surface area contributed by atoms with Gasteiger partial charge in [-0.2, -0.15) is 0 Å². The minimum absolute atomic E-state index is 0.189. The highest BCUT2D eigenvalue weighted by Gasteiger charge is 2.29. The number of nitrogens with one attached hydrogen (secondary N) is 1. The molecular formula is C13H18N2O4. The number of rotatable bonds is 5. The van der Waals surface area contributed by atoms with Gasteiger partial charge in [-0.15, -0.1) is 0 Å². The predicted molar refractivity (Wildman–Crippen MR) is 67.9 cm³/mol. The summed E-state index contributed by atoms with van der Waals surface area (Å²) in [6.07, 6.45) is 2.74. The molecule has 0 bridgehead atoms. The summed E-state index contributed by atoms with van der Waals surface area (Å²) in [5.41, 5.74) is -0.101. The number of ether oxygens (including phenoxy) is 1. The van der Waals surface area contributed by atoms with Gasteiger partial charge in [0.25, 0.3) is 0 Å². The highest BCUT2D eigenvalue weighted by Crippen LogP contribution is 2.19. The van der Waals surface area contributed by atoms with Gasteiger partial charge in [0.05, 0.1) is 16.9 Å². The van der Waals surface area contributed by atoms with Gasteiger partial charge >= 0.3 is 5.97 Å². The van der Waals surface area contributed by atoms with Crippen molar-refractivity contribution >= 4 is 5.97 Å². The summed E-state index contributed by atoms with van der Waals surface area (Å²) in [6.45, 7) is 1.85. The third kappa shape index (κ3) is 3.73. The van der Waals surface area contributed by atoms with E-state index in [1.54, 1.807) is 12.3 Å². The molecule has 0 spiro atoms. The summed E-state index contributed by atoms with van der Waals surface area (Å²) < 4.78 is 5.20. The molecule has 1 aliphatic rings. The van der Waals surface area contributed by atoms with Crippen LogP contribution in [0.15, 0.2) is 18.3 Å². The van der Waals surface area contributed by atoms with Gasteiger partial charge < -0.3 is 20.3 Å². The first-order valence-electron chi connectivity index (χ1n) is 6.29. The minimum Gasteiger partial charge on any atom is -0.478 e. The van der Waals surface area contributed by atoms with E-state index < -0.39 is 11.6 Å². The van der Waals surface area contributed by atoms with Crippen molar-refractivity contribution in [2.75, 3.05) is 19.8 Å². The first kappa shape index (κ1) is 13.9. The maximum Gasteiger partial charge on any atom is 0.337 e. The molecule has 104 valence electrons. The quantitative estimate of drug-likeness (QED) is 0.715. The number of aromatic carboxylic acids is 1. The van der Waals surface area contributed by atoms with Crippen LogP contribution in [0.2, 0.25) is 0 Å². The lowest BCUT2D eigenvalue weighted by molar-refractivity contribution is -0.0617. The van der Waals surface area contributed by atoms with E-state index in [4.69, 9.17) is 9.84 Å². The second kappa shape index (κ2) is 6.10. The maximum atomic E-state index is 11.0. The molecule has 0 aliphatic carbocycles. The molecule has 6 nitrogen and oxygen atoms in total. The first-order valence-corrected chi connectivity index (χ1v) is 6.29. The molecule has 0 unspecified atom stereocenters. The van der Waals surface area contributed by atoms with Crippen LogP contribution < -0.4 is 5.32 Å². The fraction of sp³-hybridized carbons (Fsp3) is 0.538. The molecule has 1 aliphatic heterocycles. The Hall–Kier alpha value is -1.50. The lowest BCUT2D eigenvalue weighted by Crippen LogP contribution is -2.44. The molecule has 0 radical (unpaired) electrons. The number of hydrogen-bond donors (Lipinski definition) is 3. The molecule has 0 saturated carbocycles. The number of aliphatic hydroxyl groups is 1. The van der Waals surface area contributed by atoms with Crippen LogP contribution in [0, 0.1) is 0 Å². The number of hydrogen-bond acceptors (Lipinski definition) is 5. The Kier molecular flexibility index (Phi) is 4.47. The van der Waals surface area contributed by atoms with Crippen molar-refractivity contribution in [1.82, 2.24) is 10.3 Å². The zero-order chi connectivity index (χ0) is 13.7. The van der Waals surface area contributed by atoms with E-state index in [0.717, 1.165) is 0 Å². The normalized spacial score (nSPS) is 18.2. The Bertz CT molecular complexity index is 444. The van der Waals surface area contributed by atoms with Crippen molar-refractivity contribution in [2.24, 2.45) is 0 Å². The lowest BCUT2D eigenvalue weighted by Gasteiger charge is -2.32. The highest BCUT2D eigenvalue weighted by atomic mass is 16.5. The lowest BCUT2D eigenvalue weighted by atomic mass is 9.94. The second-order valence-corrected chi connectivity index (χ2v) is 4.74. The van der Waals surface area contributed by atoms with Crippen molar-refractivity contribution in [3.8, 4) is 0 Å². The van der Waals surface area contributed by atoms with Gasteiger partial charge in [-0.3, -0.25) is 4.98 Å². The van der Waals surface area contributed by atoms with Crippen LogP contribution in [0.5, 0.6) is 0 Å². The second-order valence-electron chi connectivity index (χ2n) is 4.74. The van der Waals surface area contributed by atoms with Crippen molar-refractivity contribution in [3.05, 3.63) is 29.6 Å². The van der Waals surface area contributed by atoms with Gasteiger partial charge in [-0.1, -0.05) is 0 Å². The summed E-state index contributed by atoms with van der Waals surface area (Å²) >= 11 is 0. The first-order chi connectivity index (χ1) is 9.11. The molecule has 1 aromatic heterocycles. The van der Waals surface area contributed by atoms with Crippen molar-refractivity contribution < 1.29 is 19.7 Å². The van der Waals surface area contributed by atoms with Crippen molar-refractivity contribution in [1.29, 1.82) is 0 Å². The Morgan fingerprint density at radius 3 is 2.89 bits per heavy atom. The van der Waals surface area contributed by atoms with Crippen molar-refractivity contribution in [3.63, 3.8) is 0 Å². The van der Waals surface area contributed by atoms with Crippen molar-refractivity contribution in [2.45, 2.75) is 25.0 Å². The Labute approximate surface area is 111 Å². The summed E-state index contributed by atoms with van der Waals surface area (Å²) in [5.74, 6) is -0.991. The number of carboxylic acid groups (broad SMARTS) is 1. The topological polar surface area (TPSA) is 91.7 Å². The van der Waals surface area contributed by atoms with Crippen LogP contribution >= 0.6 is 0 Å². The number of nitrogens with zero attached hydrogens (tertiary/aromatic N) is 1. The zero-order valence-electron chi connectivity index (χ0n) is 10.6. The zero-order valence-corrected chi connectivity index (χ0v) is 10.6. The number of aromatic nitrogens is 1. The van der Waals surface area contributed by atoms with Gasteiger partial charge in [0.2, 0.25) is 0 Å². The molecule has 1 fully saturated rings. The van der Waals surface area contributed by atoms with Gasteiger partial charge in [0.15, 0.2) is 0 Å². The average molecular weight is 266 g/mol. The van der Waals surface area contributed by atoms with Crippen LogP contribution in [0.25, 0.3) is 0 Å². The molecule has 19 heavy (non-hydrogen) atoms. The number of carboxylic acids is 1. The monoisotopic (exact) mass is 266 g/mol. The Morgan fingerprint density at radius 1 is 1.47 bits per heavy atom. The molecule has 0 atom stereocenters. The summed E-state index contributed by atoms with van der Waals surface area (Å²) in [4.78, 5) is 15.1. The SMILES string of the molecule is O=C(O)c1cccnc1CNCC1(O)CCOCC1. The third-order valence-electron chi connectivity index (χ3n) is 3.29. The summed E-state index contributed by atoms with van der Waals surface area (Å²) in [5, 5.41) is 22.4. The van der Waals surface area contributed by atoms with Gasteiger partial charge in [0, 0.05) is 45.3 Å². The maximum absolute atomic E-state index is 11.0. The van der Waals surface area contributed by atoms with E-state index >= 15 is 0 Å². The minimum atomic E-state index is -0.991. The number of pyridine rings is 1. The smallest absolute Gasteiger partial charge is 0.337 e. The summed E-state index contributed by atoms with van der Waals surface area (Å²) in [7, 11) is 0. The molecule has 2 rings (SSSR count). The molecule has 6 heteroatoms. The average Bonchev–Trinajstić information content (AvgIpc) is 2.40. The Balaban J connectivity index is 1.90. The van der Waals surface area contributed by atoms with E-state index in [9.17, 15) is 9.90 Å². The molecule has 2 heterocycles. The van der Waals surface area contributed by atoms with E-state index in [0.29, 0.717) is 44.8 Å². The number of carbonyl (C=O) groups is 1. The molecule has 1 aromatic rings. The predicted octanol–water partition coefficient (Wildman–Crippen LogP) is 0.411. The largest absolute Gasteiger partial charge is 0.478 e. The van der Waals surface area contributed by atoms with E-state index in [1.807, 2.05) is 0 Å². The van der Waals surface area contributed by atoms with Crippen LogP contribution in [-0.4, -0.2) is 46.5 Å². The third-order valence-corrected chi connectivity index (χ3v) is 3.29. The standard InChI is InChI=1S/C13H18N2O4/c16-12(17)10-2-1-5-15-11(10)8-14-9-13(18)3-6-19-7-4-13/h1-2,5,14,18H,3-4,6-9H2,(H,16,17). The Morgan fingerprint density at radius 2 is 2.21 bits per heavy atom. The van der Waals surface area contributed by atoms with Gasteiger partial charge in [-0.25, -0.2) is 4.79 Å².